The number of hydrogen-bond donors (Lipinski definition) is 0. The zero-order valence-electron chi connectivity index (χ0n) is 23.0. The van der Waals surface area contributed by atoms with Crippen LogP contribution in [0.4, 0.5) is 0 Å². The topological polar surface area (TPSA) is 124 Å². The van der Waals surface area contributed by atoms with E-state index in [4.69, 9.17) is 28.1 Å². The van der Waals surface area contributed by atoms with Crippen LogP contribution < -0.4 is 4.43 Å². The van der Waals surface area contributed by atoms with Gasteiger partial charge in [0.1, 0.15) is 24.6 Å². The maximum absolute atomic E-state index is 12.1. The molecule has 1 heterocycles. The Morgan fingerprint density at radius 2 is 1.38 bits per heavy atom. The number of carbonyl (C=O) groups excluding carboxylic acids is 4. The van der Waals surface area contributed by atoms with Crippen molar-refractivity contribution >= 4 is 32.2 Å². The van der Waals surface area contributed by atoms with E-state index in [1.807, 2.05) is 6.07 Å². The summed E-state index contributed by atoms with van der Waals surface area (Å²) in [6.07, 6.45) is -5.56. The molecule has 0 aliphatic carbocycles. The third-order valence-corrected chi connectivity index (χ3v) is 10.7. The van der Waals surface area contributed by atoms with Crippen molar-refractivity contribution in [3.63, 3.8) is 0 Å². The smallest absolute Gasteiger partial charge is 0.303 e. The molecule has 11 heteroatoms. The van der Waals surface area contributed by atoms with Crippen LogP contribution in [0.5, 0.6) is 5.75 Å². The second kappa shape index (κ2) is 12.1. The van der Waals surface area contributed by atoms with Crippen LogP contribution in [0.1, 0.15) is 60.1 Å². The molecule has 1 aromatic carbocycles. The summed E-state index contributed by atoms with van der Waals surface area (Å²) in [5, 5.41) is -0.0442. The summed E-state index contributed by atoms with van der Waals surface area (Å²) in [6, 6.07) is 7.16. The van der Waals surface area contributed by atoms with Gasteiger partial charge in [0.25, 0.3) is 0 Å². The zero-order chi connectivity index (χ0) is 28.1. The van der Waals surface area contributed by atoms with Gasteiger partial charge in [0, 0.05) is 27.7 Å². The third kappa shape index (κ3) is 8.29. The average Bonchev–Trinajstić information content (AvgIpc) is 2.73. The lowest BCUT2D eigenvalue weighted by Crippen LogP contribution is -2.59. The van der Waals surface area contributed by atoms with Crippen LogP contribution in [0, 0.1) is 0 Å². The van der Waals surface area contributed by atoms with Gasteiger partial charge in [-0.1, -0.05) is 32.9 Å². The molecule has 2 rings (SSSR count). The van der Waals surface area contributed by atoms with Crippen molar-refractivity contribution in [1.29, 1.82) is 0 Å². The molecular weight excluding hydrogens is 500 g/mol. The van der Waals surface area contributed by atoms with Crippen LogP contribution in [0.15, 0.2) is 24.3 Å². The molecule has 0 radical (unpaired) electrons. The molecule has 0 amide bonds. The van der Waals surface area contributed by atoms with E-state index in [1.54, 1.807) is 18.2 Å². The Labute approximate surface area is 219 Å². The lowest BCUT2D eigenvalue weighted by Gasteiger charge is -2.44. The molecule has 1 saturated heterocycles. The highest BCUT2D eigenvalue weighted by Gasteiger charge is 2.52. The molecule has 1 aromatic rings. The molecule has 0 aromatic heterocycles. The van der Waals surface area contributed by atoms with Gasteiger partial charge in [-0.2, -0.15) is 0 Å². The van der Waals surface area contributed by atoms with Crippen molar-refractivity contribution < 1.29 is 47.3 Å². The highest BCUT2D eigenvalue weighted by Crippen LogP contribution is 2.41. The fourth-order valence-corrected chi connectivity index (χ4v) is 4.72. The number of carbonyl (C=O) groups is 4. The molecule has 0 saturated carbocycles. The first-order chi connectivity index (χ1) is 17.0. The van der Waals surface area contributed by atoms with Crippen molar-refractivity contribution in [2.75, 3.05) is 6.61 Å². The van der Waals surface area contributed by atoms with Crippen LogP contribution in [0.25, 0.3) is 0 Å². The van der Waals surface area contributed by atoms with Gasteiger partial charge in [0.15, 0.2) is 18.3 Å². The molecule has 0 spiro atoms. The molecule has 0 bridgehead atoms. The summed E-state index contributed by atoms with van der Waals surface area (Å²) in [6.45, 7) is 15.2. The monoisotopic (exact) mass is 538 g/mol. The maximum atomic E-state index is 12.1. The Morgan fingerprint density at radius 1 is 0.838 bits per heavy atom. The normalized spacial score (nSPS) is 24.0. The number of rotatable bonds is 8. The Bertz CT molecular complexity index is 999. The zero-order valence-corrected chi connectivity index (χ0v) is 24.0. The number of hydrogen-bond acceptors (Lipinski definition) is 10. The molecule has 0 unspecified atom stereocenters. The summed E-state index contributed by atoms with van der Waals surface area (Å²) >= 11 is 0. The third-order valence-electron chi connectivity index (χ3n) is 6.36. The van der Waals surface area contributed by atoms with Crippen LogP contribution in [-0.2, 0) is 42.9 Å². The molecular formula is C26H38O10Si. The molecule has 206 valence electrons. The van der Waals surface area contributed by atoms with Gasteiger partial charge in [-0.3, -0.25) is 19.2 Å². The summed E-state index contributed by atoms with van der Waals surface area (Å²) in [5.41, 5.74) is 0.578. The minimum atomic E-state index is -2.18. The SMILES string of the molecule is CC(=O)OC[C@H]1O[C@H](c2cccc(O[Si](C)(C)C(C)(C)C)c2)[C@@H](OC(C)=O)[C@@H](OC(C)=O)[C@@H]1OC(C)=O. The fraction of sp³-hybridized carbons (Fsp3) is 0.615. The fourth-order valence-electron chi connectivity index (χ4n) is 3.70. The van der Waals surface area contributed by atoms with Crippen molar-refractivity contribution in [3.05, 3.63) is 29.8 Å². The highest BCUT2D eigenvalue weighted by molar-refractivity contribution is 6.74. The summed E-state index contributed by atoms with van der Waals surface area (Å²) in [7, 11) is -2.18. The Kier molecular flexibility index (Phi) is 9.89. The largest absolute Gasteiger partial charge is 0.543 e. The summed E-state index contributed by atoms with van der Waals surface area (Å²) in [5.74, 6) is -1.97. The van der Waals surface area contributed by atoms with Crippen LogP contribution in [0.3, 0.4) is 0 Å². The molecule has 37 heavy (non-hydrogen) atoms. The molecule has 10 nitrogen and oxygen atoms in total. The van der Waals surface area contributed by atoms with Gasteiger partial charge >= 0.3 is 23.9 Å². The minimum absolute atomic E-state index is 0.0442. The Hall–Kier alpha value is -2.92. The second-order valence-electron chi connectivity index (χ2n) is 10.6. The Balaban J connectivity index is 2.58. The van der Waals surface area contributed by atoms with E-state index in [-0.39, 0.29) is 11.6 Å². The summed E-state index contributed by atoms with van der Waals surface area (Å²) < 4.78 is 34.4. The predicted octanol–water partition coefficient (Wildman–Crippen LogP) is 3.87. The highest BCUT2D eigenvalue weighted by atomic mass is 28.4. The lowest BCUT2D eigenvalue weighted by atomic mass is 9.90. The van der Waals surface area contributed by atoms with E-state index in [1.165, 1.54) is 27.7 Å². The molecule has 5 atom stereocenters. The first kappa shape index (κ1) is 30.3. The first-order valence-corrected chi connectivity index (χ1v) is 15.0. The van der Waals surface area contributed by atoms with E-state index in [9.17, 15) is 19.2 Å². The van der Waals surface area contributed by atoms with Gasteiger partial charge in [-0.05, 0) is 35.8 Å². The number of esters is 4. The maximum Gasteiger partial charge on any atom is 0.303 e. The quantitative estimate of drug-likeness (QED) is 0.274. The van der Waals surface area contributed by atoms with E-state index < -0.39 is 62.7 Å². The van der Waals surface area contributed by atoms with Gasteiger partial charge in [-0.15, -0.1) is 0 Å². The molecule has 1 aliphatic rings. The van der Waals surface area contributed by atoms with Crippen molar-refractivity contribution in [3.8, 4) is 5.75 Å². The van der Waals surface area contributed by atoms with E-state index in [0.29, 0.717) is 11.3 Å². The van der Waals surface area contributed by atoms with Crippen LogP contribution in [0.2, 0.25) is 18.1 Å². The van der Waals surface area contributed by atoms with Gasteiger partial charge in [0.05, 0.1) is 0 Å². The standard InChI is InChI=1S/C26H38O10Si/c1-15(27)31-14-21-23(32-16(2)28)25(34-18(4)30)24(33-17(3)29)22(35-21)19-11-10-12-20(13-19)36-37(8,9)26(5,6)7/h10-13,21-25H,14H2,1-9H3/t21-,22-,23-,24-,25+/m1/s1. The number of ether oxygens (including phenoxy) is 5. The van der Waals surface area contributed by atoms with Gasteiger partial charge < -0.3 is 28.1 Å². The predicted molar refractivity (Wildman–Crippen MR) is 135 cm³/mol. The molecule has 1 fully saturated rings. The van der Waals surface area contributed by atoms with E-state index in [2.05, 4.69) is 33.9 Å². The van der Waals surface area contributed by atoms with Crippen molar-refractivity contribution in [1.82, 2.24) is 0 Å². The summed E-state index contributed by atoms with van der Waals surface area (Å²) in [4.78, 5) is 47.6. The van der Waals surface area contributed by atoms with Crippen molar-refractivity contribution in [2.45, 2.75) is 97.1 Å². The molecule has 0 N–H and O–H groups in total. The van der Waals surface area contributed by atoms with E-state index in [0.717, 1.165) is 0 Å². The van der Waals surface area contributed by atoms with Crippen LogP contribution in [-0.4, -0.2) is 63.2 Å². The van der Waals surface area contributed by atoms with E-state index >= 15 is 0 Å². The Morgan fingerprint density at radius 3 is 1.89 bits per heavy atom. The van der Waals surface area contributed by atoms with Gasteiger partial charge in [-0.25, -0.2) is 0 Å². The molecule has 1 aliphatic heterocycles. The van der Waals surface area contributed by atoms with Crippen molar-refractivity contribution in [2.24, 2.45) is 0 Å². The number of benzene rings is 1. The minimum Gasteiger partial charge on any atom is -0.543 e. The van der Waals surface area contributed by atoms with Crippen LogP contribution >= 0.6 is 0 Å². The lowest BCUT2D eigenvalue weighted by molar-refractivity contribution is -0.254. The average molecular weight is 539 g/mol. The second-order valence-corrected chi connectivity index (χ2v) is 15.3. The first-order valence-electron chi connectivity index (χ1n) is 12.1. The van der Waals surface area contributed by atoms with Gasteiger partial charge in [0.2, 0.25) is 8.32 Å².